The van der Waals surface area contributed by atoms with E-state index >= 15 is 0 Å². The molecule has 11 heteroatoms. The Bertz CT molecular complexity index is 1710. The number of rotatable bonds is 16. The zero-order chi connectivity index (χ0) is 33.4. The molecule has 2 aromatic heterocycles. The lowest BCUT2D eigenvalue weighted by Crippen LogP contribution is -2.38. The van der Waals surface area contributed by atoms with Crippen LogP contribution >= 0.6 is 7.60 Å². The van der Waals surface area contributed by atoms with Crippen molar-refractivity contribution >= 4 is 24.6 Å². The van der Waals surface area contributed by atoms with E-state index in [0.717, 1.165) is 28.9 Å². The summed E-state index contributed by atoms with van der Waals surface area (Å²) in [6.45, 7) is 9.64. The Labute approximate surface area is 277 Å². The lowest BCUT2D eigenvalue weighted by atomic mass is 9.77. The topological polar surface area (TPSA) is 110 Å². The molecular weight excluding hydrogens is 613 g/mol. The van der Waals surface area contributed by atoms with Crippen molar-refractivity contribution in [3.05, 3.63) is 114 Å². The van der Waals surface area contributed by atoms with Crippen molar-refractivity contribution in [3.8, 4) is 5.75 Å². The summed E-state index contributed by atoms with van der Waals surface area (Å²) in [5.74, 6) is 1.34. The first-order chi connectivity index (χ1) is 22.7. The summed E-state index contributed by atoms with van der Waals surface area (Å²) in [6, 6.07) is 28.5. The van der Waals surface area contributed by atoms with Crippen LogP contribution < -0.4 is 10.1 Å². The van der Waals surface area contributed by atoms with Gasteiger partial charge in [0, 0.05) is 0 Å². The van der Waals surface area contributed by atoms with Gasteiger partial charge in [-0.05, 0) is 62.9 Å². The third kappa shape index (κ3) is 7.74. The van der Waals surface area contributed by atoms with Gasteiger partial charge in [0.25, 0.3) is 0 Å². The first-order valence-electron chi connectivity index (χ1n) is 15.9. The second kappa shape index (κ2) is 15.2. The predicted molar refractivity (Wildman–Crippen MR) is 185 cm³/mol. The second-order valence-electron chi connectivity index (χ2n) is 11.9. The number of aromatic nitrogens is 4. The molecule has 0 aliphatic rings. The Morgan fingerprint density at radius 2 is 1.38 bits per heavy atom. The number of methoxy groups -OCH3 is 1. The summed E-state index contributed by atoms with van der Waals surface area (Å²) >= 11 is 0. The van der Waals surface area contributed by atoms with E-state index in [1.165, 1.54) is 0 Å². The van der Waals surface area contributed by atoms with E-state index in [-0.39, 0.29) is 31.2 Å². The SMILES string of the molecule is CCC(COCP(=O)(OC(C)C)OC(C)C)n1cnc2c(NC(c3ccccc3)(c3ccccc3)c3ccc(OC)cc3)ncnc21. The summed E-state index contributed by atoms with van der Waals surface area (Å²) in [6.07, 6.45) is 3.36. The summed E-state index contributed by atoms with van der Waals surface area (Å²) in [5, 5.41) is 3.82. The van der Waals surface area contributed by atoms with E-state index in [9.17, 15) is 4.57 Å². The van der Waals surface area contributed by atoms with Crippen molar-refractivity contribution in [1.29, 1.82) is 0 Å². The number of ether oxygens (including phenoxy) is 2. The highest BCUT2D eigenvalue weighted by atomic mass is 31.2. The zero-order valence-electron chi connectivity index (χ0n) is 27.9. The van der Waals surface area contributed by atoms with E-state index in [1.807, 2.05) is 80.8 Å². The molecule has 0 saturated carbocycles. The van der Waals surface area contributed by atoms with Gasteiger partial charge in [-0.15, -0.1) is 0 Å². The molecule has 1 unspecified atom stereocenters. The van der Waals surface area contributed by atoms with E-state index in [4.69, 9.17) is 28.5 Å². The summed E-state index contributed by atoms with van der Waals surface area (Å²) in [5.41, 5.74) is 3.49. The van der Waals surface area contributed by atoms with Gasteiger partial charge in [-0.2, -0.15) is 0 Å². The Morgan fingerprint density at radius 3 is 1.91 bits per heavy atom. The zero-order valence-corrected chi connectivity index (χ0v) is 28.8. The van der Waals surface area contributed by atoms with Gasteiger partial charge in [-0.3, -0.25) is 4.57 Å². The Kier molecular flexibility index (Phi) is 11.1. The van der Waals surface area contributed by atoms with Gasteiger partial charge < -0.3 is 28.4 Å². The quantitative estimate of drug-likeness (QED) is 0.0829. The molecule has 0 radical (unpaired) electrons. The molecule has 248 valence electrons. The molecule has 47 heavy (non-hydrogen) atoms. The van der Waals surface area contributed by atoms with Gasteiger partial charge in [0.1, 0.15) is 29.5 Å². The molecule has 1 atom stereocenters. The minimum absolute atomic E-state index is 0.135. The first-order valence-corrected chi connectivity index (χ1v) is 17.7. The molecule has 5 aromatic rings. The predicted octanol–water partition coefficient (Wildman–Crippen LogP) is 8.21. The van der Waals surface area contributed by atoms with Crippen molar-refractivity contribution in [3.63, 3.8) is 0 Å². The largest absolute Gasteiger partial charge is 0.497 e. The van der Waals surface area contributed by atoms with Crippen LogP contribution in [-0.2, 0) is 23.9 Å². The molecule has 0 fully saturated rings. The Morgan fingerprint density at radius 1 is 0.809 bits per heavy atom. The number of hydrogen-bond acceptors (Lipinski definition) is 9. The highest BCUT2D eigenvalue weighted by molar-refractivity contribution is 7.53. The van der Waals surface area contributed by atoms with Gasteiger partial charge in [-0.25, -0.2) is 15.0 Å². The maximum absolute atomic E-state index is 13.3. The number of nitrogens with one attached hydrogen (secondary N) is 1. The van der Waals surface area contributed by atoms with E-state index in [2.05, 4.69) is 53.6 Å². The molecule has 10 nitrogen and oxygen atoms in total. The number of nitrogens with zero attached hydrogens (tertiary/aromatic N) is 4. The van der Waals surface area contributed by atoms with Gasteiger partial charge in [0.2, 0.25) is 0 Å². The van der Waals surface area contributed by atoms with Gasteiger partial charge in [0.15, 0.2) is 11.5 Å². The van der Waals surface area contributed by atoms with Crippen molar-refractivity contribution in [2.75, 3.05) is 25.4 Å². The molecule has 0 amide bonds. The van der Waals surface area contributed by atoms with Gasteiger partial charge in [0.05, 0.1) is 38.3 Å². The fourth-order valence-corrected chi connectivity index (χ4v) is 7.53. The number of hydrogen-bond donors (Lipinski definition) is 1. The summed E-state index contributed by atoms with van der Waals surface area (Å²) in [4.78, 5) is 14.2. The second-order valence-corrected chi connectivity index (χ2v) is 13.8. The molecule has 0 aliphatic heterocycles. The maximum atomic E-state index is 13.3. The van der Waals surface area contributed by atoms with Crippen LogP contribution in [0.25, 0.3) is 11.2 Å². The van der Waals surface area contributed by atoms with Crippen LogP contribution in [0.3, 0.4) is 0 Å². The highest BCUT2D eigenvalue weighted by Crippen LogP contribution is 2.50. The molecule has 0 spiro atoms. The molecule has 3 aromatic carbocycles. The third-order valence-electron chi connectivity index (χ3n) is 7.77. The number of anilines is 1. The molecule has 1 N–H and O–H groups in total. The van der Waals surface area contributed by atoms with Gasteiger partial charge >= 0.3 is 7.60 Å². The Hall–Kier alpha value is -4.08. The summed E-state index contributed by atoms with van der Waals surface area (Å²) in [7, 11) is -1.78. The maximum Gasteiger partial charge on any atom is 0.356 e. The highest BCUT2D eigenvalue weighted by Gasteiger charge is 2.38. The lowest BCUT2D eigenvalue weighted by molar-refractivity contribution is 0.0853. The number of fused-ring (bicyclic) bond motifs is 1. The van der Waals surface area contributed by atoms with Crippen molar-refractivity contribution < 1.29 is 23.1 Å². The van der Waals surface area contributed by atoms with Crippen LogP contribution in [0.4, 0.5) is 5.82 Å². The van der Waals surface area contributed by atoms with Crippen LogP contribution in [0.2, 0.25) is 0 Å². The van der Waals surface area contributed by atoms with Crippen molar-refractivity contribution in [2.24, 2.45) is 0 Å². The number of benzene rings is 3. The van der Waals surface area contributed by atoms with Crippen LogP contribution in [0.5, 0.6) is 5.75 Å². The Balaban J connectivity index is 1.53. The van der Waals surface area contributed by atoms with Gasteiger partial charge in [-0.1, -0.05) is 79.7 Å². The molecule has 0 aliphatic carbocycles. The van der Waals surface area contributed by atoms with Crippen LogP contribution in [0.15, 0.2) is 97.6 Å². The molecule has 0 saturated heterocycles. The molecule has 0 bridgehead atoms. The third-order valence-corrected chi connectivity index (χ3v) is 9.75. The van der Waals surface area contributed by atoms with Crippen LogP contribution in [0, 0.1) is 0 Å². The van der Waals surface area contributed by atoms with Crippen molar-refractivity contribution in [2.45, 2.75) is 64.8 Å². The standard InChI is InChI=1S/C36H44N5O5P/c1-7-31(22-44-25-47(42,45-26(2)3)46-27(4)5)41-24-39-33-34(37-23-38-35(33)41)40-36(28-14-10-8-11-15-28,29-16-12-9-13-17-29)30-18-20-32(43-6)21-19-30/h8-21,23-24,26-27,31H,7,22,25H2,1-6H3,(H,37,38,40). The van der Waals surface area contributed by atoms with E-state index in [0.29, 0.717) is 17.0 Å². The minimum atomic E-state index is -3.44. The molecule has 2 heterocycles. The fraction of sp³-hybridized carbons (Fsp3) is 0.361. The van der Waals surface area contributed by atoms with E-state index in [1.54, 1.807) is 19.8 Å². The molecule has 5 rings (SSSR count). The monoisotopic (exact) mass is 657 g/mol. The van der Waals surface area contributed by atoms with Crippen LogP contribution in [-0.4, -0.2) is 51.8 Å². The van der Waals surface area contributed by atoms with Crippen molar-refractivity contribution in [1.82, 2.24) is 19.5 Å². The normalized spacial score (nSPS) is 12.9. The lowest BCUT2D eigenvalue weighted by Gasteiger charge is -2.37. The summed E-state index contributed by atoms with van der Waals surface area (Å²) < 4.78 is 38.1. The van der Waals surface area contributed by atoms with E-state index < -0.39 is 13.1 Å². The van der Waals surface area contributed by atoms with Crippen LogP contribution in [0.1, 0.15) is 63.8 Å². The fourth-order valence-electron chi connectivity index (χ4n) is 5.75. The average Bonchev–Trinajstić information content (AvgIpc) is 3.50. The smallest absolute Gasteiger partial charge is 0.356 e. The minimum Gasteiger partial charge on any atom is -0.497 e. The number of imidazole rings is 1. The average molecular weight is 658 g/mol. The first kappa shape index (κ1) is 34.3. The molecular formula is C36H44N5O5P.